The fourth-order valence-corrected chi connectivity index (χ4v) is 2.67. The highest BCUT2D eigenvalue weighted by Gasteiger charge is 2.18. The van der Waals surface area contributed by atoms with E-state index < -0.39 is 11.6 Å². The molecule has 7 heteroatoms. The van der Waals surface area contributed by atoms with Crippen molar-refractivity contribution in [2.45, 2.75) is 39.0 Å². The van der Waals surface area contributed by atoms with Gasteiger partial charge in [0.15, 0.2) is 0 Å². The Bertz CT molecular complexity index is 786. The van der Waals surface area contributed by atoms with Gasteiger partial charge in [-0.25, -0.2) is 13.8 Å². The lowest BCUT2D eigenvalue weighted by atomic mass is 10.2. The Balaban J connectivity index is 1.71. The second-order valence-electron chi connectivity index (χ2n) is 5.75. The summed E-state index contributed by atoms with van der Waals surface area (Å²) in [6, 6.07) is 4.51. The predicted octanol–water partition coefficient (Wildman–Crippen LogP) is 2.59. The molecule has 0 bridgehead atoms. The highest BCUT2D eigenvalue weighted by Crippen LogP contribution is 2.16. The molecule has 0 radical (unpaired) electrons. The zero-order chi connectivity index (χ0) is 17.1. The molecule has 1 unspecified atom stereocenters. The molecule has 1 aliphatic rings. The van der Waals surface area contributed by atoms with Crippen LogP contribution in [0.2, 0.25) is 0 Å². The molecule has 0 amide bonds. The highest BCUT2D eigenvalue weighted by atomic mass is 19.1. The number of hydrogen-bond donors (Lipinski definition) is 0. The average Bonchev–Trinajstić information content (AvgIpc) is 3.03. The van der Waals surface area contributed by atoms with Crippen LogP contribution in [0.4, 0.5) is 8.78 Å². The van der Waals surface area contributed by atoms with E-state index in [9.17, 15) is 13.6 Å². The van der Waals surface area contributed by atoms with Crippen LogP contribution in [0.25, 0.3) is 0 Å². The molecule has 1 fully saturated rings. The number of halogens is 2. The van der Waals surface area contributed by atoms with Crippen molar-refractivity contribution in [3.63, 3.8) is 0 Å². The Kier molecular flexibility index (Phi) is 4.89. The van der Waals surface area contributed by atoms with Gasteiger partial charge in [-0.15, -0.1) is 0 Å². The third-order valence-electron chi connectivity index (χ3n) is 3.98. The van der Waals surface area contributed by atoms with E-state index >= 15 is 0 Å². The number of benzene rings is 1. The van der Waals surface area contributed by atoms with Crippen LogP contribution in [0.15, 0.2) is 29.1 Å². The molecule has 1 saturated heterocycles. The molecular formula is C17H18F2N2O3. The first kappa shape index (κ1) is 16.6. The Hall–Kier alpha value is -2.28. The van der Waals surface area contributed by atoms with E-state index in [2.05, 4.69) is 4.98 Å². The Morgan fingerprint density at radius 3 is 2.88 bits per heavy atom. The normalized spacial score (nSPS) is 17.2. The van der Waals surface area contributed by atoms with Crippen molar-refractivity contribution in [3.8, 4) is 5.88 Å². The van der Waals surface area contributed by atoms with E-state index in [1.807, 2.05) is 0 Å². The number of rotatable bonds is 5. The Labute approximate surface area is 137 Å². The van der Waals surface area contributed by atoms with Crippen LogP contribution < -0.4 is 10.3 Å². The van der Waals surface area contributed by atoms with Crippen LogP contribution in [0.1, 0.15) is 24.2 Å². The highest BCUT2D eigenvalue weighted by molar-refractivity contribution is 5.19. The SMILES string of the molecule is Cc1nc(OCc2ccc(F)cc2F)cc(=O)n1CC1CCCO1. The average molecular weight is 336 g/mol. The molecule has 2 aromatic rings. The minimum Gasteiger partial charge on any atom is -0.472 e. The molecule has 2 heterocycles. The maximum absolute atomic E-state index is 13.6. The molecule has 5 nitrogen and oxygen atoms in total. The first-order valence-electron chi connectivity index (χ1n) is 7.80. The van der Waals surface area contributed by atoms with Gasteiger partial charge < -0.3 is 9.47 Å². The third-order valence-corrected chi connectivity index (χ3v) is 3.98. The number of aryl methyl sites for hydroxylation is 1. The zero-order valence-electron chi connectivity index (χ0n) is 13.3. The van der Waals surface area contributed by atoms with Crippen LogP contribution in [0.5, 0.6) is 5.88 Å². The summed E-state index contributed by atoms with van der Waals surface area (Å²) in [7, 11) is 0. The van der Waals surface area contributed by atoms with Crippen LogP contribution in [0.3, 0.4) is 0 Å². The van der Waals surface area contributed by atoms with Crippen LogP contribution in [-0.2, 0) is 17.9 Å². The molecule has 1 aliphatic heterocycles. The van der Waals surface area contributed by atoms with Crippen molar-refractivity contribution in [2.75, 3.05) is 6.61 Å². The van der Waals surface area contributed by atoms with Gasteiger partial charge >= 0.3 is 0 Å². The van der Waals surface area contributed by atoms with Gasteiger partial charge in [0.05, 0.1) is 18.7 Å². The van der Waals surface area contributed by atoms with E-state index in [0.29, 0.717) is 12.4 Å². The standard InChI is InChI=1S/C17H18F2N2O3/c1-11-20-16(24-10-12-4-5-13(18)7-15(12)19)8-17(22)21(11)9-14-3-2-6-23-14/h4-5,7-8,14H,2-3,6,9-10H2,1H3. The quantitative estimate of drug-likeness (QED) is 0.842. The van der Waals surface area contributed by atoms with E-state index in [1.54, 1.807) is 11.5 Å². The maximum atomic E-state index is 13.6. The number of ether oxygens (including phenoxy) is 2. The summed E-state index contributed by atoms with van der Waals surface area (Å²) in [6.07, 6.45) is 1.95. The molecular weight excluding hydrogens is 318 g/mol. The van der Waals surface area contributed by atoms with Crippen LogP contribution in [-0.4, -0.2) is 22.3 Å². The summed E-state index contributed by atoms with van der Waals surface area (Å²) in [5.41, 5.74) is -0.0491. The van der Waals surface area contributed by atoms with Crippen molar-refractivity contribution in [2.24, 2.45) is 0 Å². The molecule has 1 aromatic heterocycles. The van der Waals surface area contributed by atoms with E-state index in [4.69, 9.17) is 9.47 Å². The lowest BCUT2D eigenvalue weighted by molar-refractivity contribution is 0.0951. The van der Waals surface area contributed by atoms with E-state index in [-0.39, 0.29) is 29.7 Å². The van der Waals surface area contributed by atoms with Crippen molar-refractivity contribution in [3.05, 3.63) is 57.6 Å². The van der Waals surface area contributed by atoms with Gasteiger partial charge in [-0.05, 0) is 31.9 Å². The predicted molar refractivity (Wildman–Crippen MR) is 82.9 cm³/mol. The molecule has 24 heavy (non-hydrogen) atoms. The maximum Gasteiger partial charge on any atom is 0.257 e. The monoisotopic (exact) mass is 336 g/mol. The topological polar surface area (TPSA) is 53.3 Å². The second-order valence-corrected chi connectivity index (χ2v) is 5.75. The van der Waals surface area contributed by atoms with E-state index in [1.165, 1.54) is 12.1 Å². The number of hydrogen-bond acceptors (Lipinski definition) is 4. The van der Waals surface area contributed by atoms with Crippen LogP contribution in [0, 0.1) is 18.6 Å². The summed E-state index contributed by atoms with van der Waals surface area (Å²) in [5.74, 6) is -0.724. The Morgan fingerprint density at radius 1 is 1.38 bits per heavy atom. The molecule has 0 saturated carbocycles. The van der Waals surface area contributed by atoms with Crippen LogP contribution >= 0.6 is 0 Å². The van der Waals surface area contributed by atoms with Gasteiger partial charge in [0.2, 0.25) is 5.88 Å². The fraction of sp³-hybridized carbons (Fsp3) is 0.412. The van der Waals surface area contributed by atoms with Crippen molar-refractivity contribution < 1.29 is 18.3 Å². The minimum atomic E-state index is -0.696. The van der Waals surface area contributed by atoms with Crippen molar-refractivity contribution >= 4 is 0 Å². The summed E-state index contributed by atoms with van der Waals surface area (Å²) in [5, 5.41) is 0. The Morgan fingerprint density at radius 2 is 2.21 bits per heavy atom. The molecule has 128 valence electrons. The first-order chi connectivity index (χ1) is 11.5. The van der Waals surface area contributed by atoms with E-state index in [0.717, 1.165) is 31.6 Å². The zero-order valence-corrected chi connectivity index (χ0v) is 13.3. The number of nitrogens with zero attached hydrogens (tertiary/aromatic N) is 2. The molecule has 1 atom stereocenters. The van der Waals surface area contributed by atoms with Crippen molar-refractivity contribution in [1.29, 1.82) is 0 Å². The smallest absolute Gasteiger partial charge is 0.257 e. The molecule has 0 spiro atoms. The summed E-state index contributed by atoms with van der Waals surface area (Å²) < 4.78 is 38.9. The lowest BCUT2D eigenvalue weighted by Gasteiger charge is -2.15. The summed E-state index contributed by atoms with van der Waals surface area (Å²) in [6.45, 7) is 2.76. The lowest BCUT2D eigenvalue weighted by Crippen LogP contribution is -2.28. The van der Waals surface area contributed by atoms with Gasteiger partial charge in [-0.3, -0.25) is 9.36 Å². The fourth-order valence-electron chi connectivity index (χ4n) is 2.67. The largest absolute Gasteiger partial charge is 0.472 e. The van der Waals surface area contributed by atoms with Gasteiger partial charge in [-0.1, -0.05) is 0 Å². The van der Waals surface area contributed by atoms with Gasteiger partial charge in [0.25, 0.3) is 5.56 Å². The van der Waals surface area contributed by atoms with Gasteiger partial charge in [-0.2, -0.15) is 0 Å². The van der Waals surface area contributed by atoms with Gasteiger partial charge in [0.1, 0.15) is 24.1 Å². The first-order valence-corrected chi connectivity index (χ1v) is 7.80. The van der Waals surface area contributed by atoms with Gasteiger partial charge in [0, 0.05) is 18.2 Å². The third kappa shape index (κ3) is 3.79. The minimum absolute atomic E-state index is 0.0308. The molecule has 0 N–H and O–H groups in total. The van der Waals surface area contributed by atoms with Crippen molar-refractivity contribution in [1.82, 2.24) is 9.55 Å². The summed E-state index contributed by atoms with van der Waals surface area (Å²) in [4.78, 5) is 16.5. The summed E-state index contributed by atoms with van der Waals surface area (Å²) >= 11 is 0. The molecule has 0 aliphatic carbocycles. The number of aromatic nitrogens is 2. The molecule has 3 rings (SSSR count). The molecule has 1 aromatic carbocycles. The second kappa shape index (κ2) is 7.09.